The van der Waals surface area contributed by atoms with Gasteiger partial charge in [0.1, 0.15) is 0 Å². The van der Waals surface area contributed by atoms with Gasteiger partial charge in [-0.2, -0.15) is 0 Å². The van der Waals surface area contributed by atoms with Gasteiger partial charge in [0.15, 0.2) is 0 Å². The van der Waals surface area contributed by atoms with Gasteiger partial charge in [-0.05, 0) is 51.4 Å². The highest BCUT2D eigenvalue weighted by Gasteiger charge is 2.25. The van der Waals surface area contributed by atoms with Crippen LogP contribution >= 0.6 is 0 Å². The number of nitrogens with zero attached hydrogens (tertiary/aromatic N) is 1. The van der Waals surface area contributed by atoms with Gasteiger partial charge < -0.3 is 21.5 Å². The summed E-state index contributed by atoms with van der Waals surface area (Å²) in [5, 5.41) is 0. The first-order valence-corrected chi connectivity index (χ1v) is 21.1. The molecule has 268 valence electrons. The molecule has 0 saturated carbocycles. The Morgan fingerprint density at radius 1 is 0.205 bits per heavy atom. The number of hydrogen-bond acceptors (Lipinski definition) is 0. The summed E-state index contributed by atoms with van der Waals surface area (Å²) in [6.07, 6.45) is 49.7. The average molecular weight is 687 g/mol. The molecule has 0 fully saturated rings. The van der Waals surface area contributed by atoms with Gasteiger partial charge in [-0.3, -0.25) is 0 Å². The van der Waals surface area contributed by atoms with Gasteiger partial charge in [0, 0.05) is 0 Å². The van der Waals surface area contributed by atoms with Crippen LogP contribution in [0.2, 0.25) is 0 Å². The third-order valence-corrected chi connectivity index (χ3v) is 10.4. The van der Waals surface area contributed by atoms with Crippen LogP contribution < -0.4 is 17.0 Å². The second-order valence-corrected chi connectivity index (χ2v) is 14.8. The number of rotatable bonds is 38. The molecule has 0 aliphatic rings. The number of quaternary nitrogens is 1. The predicted molar refractivity (Wildman–Crippen MR) is 199 cm³/mol. The molecule has 0 unspecified atom stereocenters. The van der Waals surface area contributed by atoms with E-state index in [9.17, 15) is 0 Å². The van der Waals surface area contributed by atoms with E-state index in [1.54, 1.807) is 0 Å². The van der Waals surface area contributed by atoms with E-state index in [4.69, 9.17) is 0 Å². The summed E-state index contributed by atoms with van der Waals surface area (Å²) in [6, 6.07) is 0. The molecular formula is C42H88BrN. The standard InChI is InChI=1S/C42H88N.BrH/c1-5-9-13-17-21-22-23-24-25-26-27-28-29-30-34-38-42-43(39-35-31-18-14-10-6-2,40-36-32-19-15-11-7-3)41-37-33-20-16-12-8-4;/h5-42H2,1-4H3;1H/q+1;/p-1. The maximum atomic E-state index is 2.35. The zero-order valence-electron chi connectivity index (χ0n) is 31.7. The minimum Gasteiger partial charge on any atom is -1.00 e. The molecule has 44 heavy (non-hydrogen) atoms. The van der Waals surface area contributed by atoms with Crippen LogP contribution in [0.1, 0.15) is 246 Å². The molecule has 0 aromatic carbocycles. The number of halogens is 1. The summed E-state index contributed by atoms with van der Waals surface area (Å²) in [5.74, 6) is 0. The summed E-state index contributed by atoms with van der Waals surface area (Å²) in [7, 11) is 0. The maximum absolute atomic E-state index is 2.35. The van der Waals surface area contributed by atoms with Crippen molar-refractivity contribution in [1.29, 1.82) is 0 Å². The highest BCUT2D eigenvalue weighted by molar-refractivity contribution is 4.56. The molecule has 0 heterocycles. The normalized spacial score (nSPS) is 11.7. The van der Waals surface area contributed by atoms with E-state index < -0.39 is 0 Å². The Morgan fingerprint density at radius 2 is 0.341 bits per heavy atom. The van der Waals surface area contributed by atoms with Crippen molar-refractivity contribution in [2.45, 2.75) is 246 Å². The van der Waals surface area contributed by atoms with Crippen LogP contribution in [0.4, 0.5) is 0 Å². The van der Waals surface area contributed by atoms with E-state index in [2.05, 4.69) is 27.7 Å². The molecule has 0 amide bonds. The Labute approximate surface area is 292 Å². The van der Waals surface area contributed by atoms with Crippen LogP contribution in [-0.4, -0.2) is 30.7 Å². The Morgan fingerprint density at radius 3 is 0.500 bits per heavy atom. The fraction of sp³-hybridized carbons (Fsp3) is 1.00. The van der Waals surface area contributed by atoms with Crippen molar-refractivity contribution in [3.63, 3.8) is 0 Å². The van der Waals surface area contributed by atoms with Crippen molar-refractivity contribution in [3.05, 3.63) is 0 Å². The van der Waals surface area contributed by atoms with E-state index in [-0.39, 0.29) is 17.0 Å². The fourth-order valence-corrected chi connectivity index (χ4v) is 7.35. The molecule has 0 spiro atoms. The first kappa shape index (κ1) is 46.6. The third kappa shape index (κ3) is 33.8. The third-order valence-electron chi connectivity index (χ3n) is 10.4. The largest absolute Gasteiger partial charge is 1.00 e. The van der Waals surface area contributed by atoms with Gasteiger partial charge in [-0.1, -0.05) is 195 Å². The van der Waals surface area contributed by atoms with E-state index in [0.717, 1.165) is 0 Å². The molecule has 0 aromatic heterocycles. The maximum Gasteiger partial charge on any atom is 0.0786 e. The molecule has 0 bridgehead atoms. The minimum atomic E-state index is 0. The van der Waals surface area contributed by atoms with Crippen LogP contribution in [0.3, 0.4) is 0 Å². The highest BCUT2D eigenvalue weighted by atomic mass is 79.9. The lowest BCUT2D eigenvalue weighted by Crippen LogP contribution is -3.00. The first-order chi connectivity index (χ1) is 21.2. The highest BCUT2D eigenvalue weighted by Crippen LogP contribution is 2.21. The Kier molecular flexibility index (Phi) is 41.9. The van der Waals surface area contributed by atoms with Crippen LogP contribution in [0.25, 0.3) is 0 Å². The lowest BCUT2D eigenvalue weighted by Gasteiger charge is -2.40. The molecular weight excluding hydrogens is 598 g/mol. The van der Waals surface area contributed by atoms with E-state index in [1.807, 2.05) is 0 Å². The predicted octanol–water partition coefficient (Wildman–Crippen LogP) is 12.2. The van der Waals surface area contributed by atoms with Crippen molar-refractivity contribution >= 4 is 0 Å². The lowest BCUT2D eigenvalue weighted by atomic mass is 10.0. The van der Waals surface area contributed by atoms with Crippen LogP contribution in [0, 0.1) is 0 Å². The summed E-state index contributed by atoms with van der Waals surface area (Å²) < 4.78 is 1.48. The SMILES string of the molecule is CCCCCCCCCCCCCCCCCC[N+](CCCCCCCC)(CCCCCCCC)CCCCCCCC.[Br-]. The zero-order chi connectivity index (χ0) is 31.4. The second-order valence-electron chi connectivity index (χ2n) is 14.8. The molecule has 0 atom stereocenters. The van der Waals surface area contributed by atoms with Crippen molar-refractivity contribution in [2.24, 2.45) is 0 Å². The van der Waals surface area contributed by atoms with Gasteiger partial charge in [0.05, 0.1) is 26.2 Å². The smallest absolute Gasteiger partial charge is 0.0786 e. The Balaban J connectivity index is 0. The van der Waals surface area contributed by atoms with Crippen LogP contribution in [0.5, 0.6) is 0 Å². The number of hydrogen-bond donors (Lipinski definition) is 0. The summed E-state index contributed by atoms with van der Waals surface area (Å²) in [6.45, 7) is 15.3. The zero-order valence-corrected chi connectivity index (χ0v) is 33.3. The van der Waals surface area contributed by atoms with Gasteiger partial charge in [0.25, 0.3) is 0 Å². The van der Waals surface area contributed by atoms with Crippen LogP contribution in [0.15, 0.2) is 0 Å². The molecule has 1 nitrogen and oxygen atoms in total. The van der Waals surface area contributed by atoms with Crippen molar-refractivity contribution in [1.82, 2.24) is 0 Å². The summed E-state index contributed by atoms with van der Waals surface area (Å²) in [4.78, 5) is 0. The van der Waals surface area contributed by atoms with Crippen molar-refractivity contribution in [3.8, 4) is 0 Å². The molecule has 0 aliphatic heterocycles. The van der Waals surface area contributed by atoms with E-state index >= 15 is 0 Å². The second kappa shape index (κ2) is 39.6. The monoisotopic (exact) mass is 686 g/mol. The average Bonchev–Trinajstić information content (AvgIpc) is 3.02. The van der Waals surface area contributed by atoms with Gasteiger partial charge >= 0.3 is 0 Å². The van der Waals surface area contributed by atoms with E-state index in [1.165, 1.54) is 249 Å². The van der Waals surface area contributed by atoms with Crippen molar-refractivity contribution < 1.29 is 21.5 Å². The molecule has 0 saturated heterocycles. The summed E-state index contributed by atoms with van der Waals surface area (Å²) in [5.41, 5.74) is 0. The van der Waals surface area contributed by atoms with Crippen LogP contribution in [-0.2, 0) is 0 Å². The molecule has 0 radical (unpaired) electrons. The van der Waals surface area contributed by atoms with Gasteiger partial charge in [-0.15, -0.1) is 0 Å². The molecule has 0 aliphatic carbocycles. The molecule has 0 aromatic rings. The van der Waals surface area contributed by atoms with Gasteiger partial charge in [-0.25, -0.2) is 0 Å². The van der Waals surface area contributed by atoms with E-state index in [0.29, 0.717) is 0 Å². The topological polar surface area (TPSA) is 0 Å². The molecule has 0 rings (SSSR count). The number of unbranched alkanes of at least 4 members (excludes halogenated alkanes) is 30. The lowest BCUT2D eigenvalue weighted by molar-refractivity contribution is -0.929. The Hall–Kier alpha value is 0.440. The minimum absolute atomic E-state index is 0. The fourth-order valence-electron chi connectivity index (χ4n) is 7.35. The molecule has 2 heteroatoms. The molecule has 0 N–H and O–H groups in total. The summed E-state index contributed by atoms with van der Waals surface area (Å²) >= 11 is 0. The Bertz CT molecular complexity index is 451. The van der Waals surface area contributed by atoms with Gasteiger partial charge in [0.2, 0.25) is 0 Å². The first-order valence-electron chi connectivity index (χ1n) is 21.1. The van der Waals surface area contributed by atoms with Crippen molar-refractivity contribution in [2.75, 3.05) is 26.2 Å². The quantitative estimate of drug-likeness (QED) is 0.0448.